The lowest BCUT2D eigenvalue weighted by Gasteiger charge is -2.32. The number of hydrogen-bond acceptors (Lipinski definition) is 7. The van der Waals surface area contributed by atoms with E-state index in [2.05, 4.69) is 61.7 Å². The molecule has 0 radical (unpaired) electrons. The van der Waals surface area contributed by atoms with Crippen molar-refractivity contribution < 1.29 is 8.78 Å². The summed E-state index contributed by atoms with van der Waals surface area (Å²) in [6.45, 7) is 5.42. The van der Waals surface area contributed by atoms with Gasteiger partial charge in [0.05, 0.1) is 17.8 Å². The molecule has 3 aromatic rings. The molecule has 0 atom stereocenters. The third-order valence-electron chi connectivity index (χ3n) is 6.36. The van der Waals surface area contributed by atoms with E-state index in [1.54, 1.807) is 4.90 Å². The van der Waals surface area contributed by atoms with Crippen molar-refractivity contribution in [3.63, 3.8) is 0 Å². The summed E-state index contributed by atoms with van der Waals surface area (Å²) < 4.78 is 28.7. The molecule has 1 aromatic heterocycles. The predicted octanol–water partition coefficient (Wildman–Crippen LogP) is 2.46. The number of likely N-dealkylation sites (N-methyl/N-ethyl adjacent to an activating group) is 1. The number of anilines is 1. The molecular weight excluding hydrogens is 438 g/mol. The summed E-state index contributed by atoms with van der Waals surface area (Å²) in [6, 6.07) is 12.4. The summed E-state index contributed by atoms with van der Waals surface area (Å²) in [5.74, 6) is -1.30. The van der Waals surface area contributed by atoms with Crippen molar-refractivity contribution in [2.75, 3.05) is 44.7 Å². The quantitative estimate of drug-likeness (QED) is 0.600. The summed E-state index contributed by atoms with van der Waals surface area (Å²) in [7, 11) is 2.15. The molecular formula is C24H26F2N8. The van der Waals surface area contributed by atoms with Crippen LogP contribution in [-0.4, -0.2) is 70.2 Å². The highest BCUT2D eigenvalue weighted by molar-refractivity contribution is 5.89. The van der Waals surface area contributed by atoms with E-state index >= 15 is 0 Å². The van der Waals surface area contributed by atoms with Gasteiger partial charge in [0, 0.05) is 32.7 Å². The monoisotopic (exact) mass is 464 g/mol. The molecule has 2 aromatic carbocycles. The van der Waals surface area contributed by atoms with Gasteiger partial charge in [0.15, 0.2) is 17.5 Å². The normalized spacial score (nSPS) is 17.9. The van der Waals surface area contributed by atoms with Gasteiger partial charge in [-0.05, 0) is 52.4 Å². The van der Waals surface area contributed by atoms with E-state index in [-0.39, 0.29) is 18.1 Å². The summed E-state index contributed by atoms with van der Waals surface area (Å²) in [6.07, 6.45) is 1.89. The third-order valence-corrected chi connectivity index (χ3v) is 6.36. The van der Waals surface area contributed by atoms with Crippen LogP contribution in [0.15, 0.2) is 54.4 Å². The second-order valence-electron chi connectivity index (χ2n) is 8.65. The average molecular weight is 465 g/mol. The number of tetrazole rings is 1. The minimum atomic E-state index is -0.954. The number of hydrogen-bond donors (Lipinski definition) is 2. The van der Waals surface area contributed by atoms with E-state index in [0.29, 0.717) is 11.4 Å². The first-order chi connectivity index (χ1) is 16.5. The minimum Gasteiger partial charge on any atom is -0.384 e. The maximum Gasteiger partial charge on any atom is 0.183 e. The summed E-state index contributed by atoms with van der Waals surface area (Å²) >= 11 is 0. The van der Waals surface area contributed by atoms with Crippen molar-refractivity contribution >= 4 is 16.8 Å². The van der Waals surface area contributed by atoms with Gasteiger partial charge in [0.1, 0.15) is 5.82 Å². The number of aromatic nitrogens is 4. The zero-order valence-electron chi connectivity index (χ0n) is 18.9. The van der Waals surface area contributed by atoms with E-state index in [1.807, 2.05) is 6.08 Å². The first-order valence-electron chi connectivity index (χ1n) is 11.2. The van der Waals surface area contributed by atoms with Crippen LogP contribution in [0.3, 0.4) is 0 Å². The molecule has 2 aliphatic heterocycles. The van der Waals surface area contributed by atoms with Crippen LogP contribution in [0, 0.1) is 11.6 Å². The Labute approximate surface area is 196 Å². The Kier molecular flexibility index (Phi) is 6.08. The molecule has 0 saturated carbocycles. The number of rotatable bonds is 5. The van der Waals surface area contributed by atoms with E-state index in [0.717, 1.165) is 49.9 Å². The summed E-state index contributed by atoms with van der Waals surface area (Å²) in [5, 5.41) is 13.9. The van der Waals surface area contributed by atoms with E-state index < -0.39 is 11.6 Å². The number of nitrogens with one attached hydrogen (secondary N) is 1. The van der Waals surface area contributed by atoms with Gasteiger partial charge >= 0.3 is 0 Å². The maximum absolute atomic E-state index is 14.7. The summed E-state index contributed by atoms with van der Waals surface area (Å²) in [4.78, 5) is 6.33. The Balaban J connectivity index is 1.45. The van der Waals surface area contributed by atoms with Crippen LogP contribution in [0.4, 0.5) is 14.5 Å². The number of piperazine rings is 1. The van der Waals surface area contributed by atoms with Crippen LogP contribution < -0.4 is 10.6 Å². The van der Waals surface area contributed by atoms with Crippen LogP contribution in [-0.2, 0) is 6.54 Å². The van der Waals surface area contributed by atoms with Crippen LogP contribution in [0.2, 0.25) is 0 Å². The first kappa shape index (κ1) is 22.2. The highest BCUT2D eigenvalue weighted by Gasteiger charge is 2.26. The molecule has 1 saturated heterocycles. The van der Waals surface area contributed by atoms with Crippen LogP contribution >= 0.6 is 0 Å². The number of allylic oxidation sites excluding steroid dienone is 2. The van der Waals surface area contributed by atoms with E-state index in [4.69, 9.17) is 5.73 Å². The van der Waals surface area contributed by atoms with Gasteiger partial charge in [-0.25, -0.2) is 13.9 Å². The molecule has 0 unspecified atom stereocenters. The fourth-order valence-electron chi connectivity index (χ4n) is 4.34. The molecule has 0 spiro atoms. The van der Waals surface area contributed by atoms with Gasteiger partial charge in [-0.3, -0.25) is 4.90 Å². The van der Waals surface area contributed by atoms with Crippen LogP contribution in [0.25, 0.3) is 11.1 Å². The number of nitrogens with two attached hydrogens (primary N) is 1. The highest BCUT2D eigenvalue weighted by Crippen LogP contribution is 2.34. The van der Waals surface area contributed by atoms with Crippen molar-refractivity contribution in [1.29, 1.82) is 0 Å². The minimum absolute atomic E-state index is 0.0553. The molecule has 10 heteroatoms. The van der Waals surface area contributed by atoms with E-state index in [1.165, 1.54) is 17.7 Å². The Morgan fingerprint density at radius 3 is 2.50 bits per heavy atom. The van der Waals surface area contributed by atoms with Crippen molar-refractivity contribution in [2.24, 2.45) is 5.73 Å². The summed E-state index contributed by atoms with van der Waals surface area (Å²) in [5.41, 5.74) is 10.0. The topological polar surface area (TPSA) is 90.2 Å². The standard InChI is InChI=1S/C24H26F2N8/c1-32-9-11-33(12-10-32)14-16-5-7-17(8-6-16)18-13-19(24-28-30-31-29-24)23(27)34(15-18)21-4-2-3-20(25)22(21)26/h2-8,13H,9-12,14-15,27H2,1H3,(H,28,29,30,31). The second-order valence-corrected chi connectivity index (χ2v) is 8.65. The number of aromatic amines is 1. The molecule has 34 heavy (non-hydrogen) atoms. The molecule has 2 aliphatic rings. The predicted molar refractivity (Wildman–Crippen MR) is 126 cm³/mol. The highest BCUT2D eigenvalue weighted by atomic mass is 19.2. The largest absolute Gasteiger partial charge is 0.384 e. The fraction of sp³-hybridized carbons (Fsp3) is 0.292. The molecule has 1 fully saturated rings. The van der Waals surface area contributed by atoms with Crippen LogP contribution in [0.5, 0.6) is 0 Å². The van der Waals surface area contributed by atoms with Gasteiger partial charge in [0.25, 0.3) is 0 Å². The van der Waals surface area contributed by atoms with Crippen molar-refractivity contribution in [3.8, 4) is 0 Å². The molecule has 0 amide bonds. The van der Waals surface area contributed by atoms with Crippen molar-refractivity contribution in [2.45, 2.75) is 6.54 Å². The Morgan fingerprint density at radius 2 is 1.79 bits per heavy atom. The van der Waals surface area contributed by atoms with E-state index in [9.17, 15) is 8.78 Å². The zero-order valence-corrected chi connectivity index (χ0v) is 18.9. The lowest BCUT2D eigenvalue weighted by Crippen LogP contribution is -2.43. The lowest BCUT2D eigenvalue weighted by molar-refractivity contribution is 0.148. The molecule has 8 nitrogen and oxygen atoms in total. The Morgan fingerprint density at radius 1 is 1.03 bits per heavy atom. The van der Waals surface area contributed by atoms with Gasteiger partial charge in [-0.15, -0.1) is 5.10 Å². The Hall–Kier alpha value is -3.63. The van der Waals surface area contributed by atoms with Crippen LogP contribution in [0.1, 0.15) is 17.0 Å². The molecule has 0 bridgehead atoms. The first-order valence-corrected chi connectivity index (χ1v) is 11.2. The Bertz CT molecular complexity index is 1210. The van der Waals surface area contributed by atoms with Gasteiger partial charge in [0.2, 0.25) is 0 Å². The number of H-pyrrole nitrogens is 1. The number of nitrogens with zero attached hydrogens (tertiary/aromatic N) is 6. The second kappa shape index (κ2) is 9.32. The smallest absolute Gasteiger partial charge is 0.183 e. The number of halogens is 2. The molecule has 0 aliphatic carbocycles. The molecule has 3 heterocycles. The third kappa shape index (κ3) is 4.42. The molecule has 3 N–H and O–H groups in total. The average Bonchev–Trinajstić information content (AvgIpc) is 3.38. The fourth-order valence-corrected chi connectivity index (χ4v) is 4.34. The SMILES string of the molecule is CN1CCN(Cc2ccc(C3=CC(c4nnn[nH]4)=C(N)N(c4cccc(F)c4F)C3)cc2)CC1. The molecule has 5 rings (SSSR count). The van der Waals surface area contributed by atoms with Crippen molar-refractivity contribution in [1.82, 2.24) is 30.4 Å². The zero-order chi connectivity index (χ0) is 23.7. The van der Waals surface area contributed by atoms with Gasteiger partial charge < -0.3 is 15.5 Å². The lowest BCUT2D eigenvalue weighted by atomic mass is 9.97. The van der Waals surface area contributed by atoms with Crippen molar-refractivity contribution in [3.05, 3.63) is 82.9 Å². The number of benzene rings is 2. The molecule has 176 valence electrons. The van der Waals surface area contributed by atoms with Gasteiger partial charge in [-0.1, -0.05) is 30.3 Å². The van der Waals surface area contributed by atoms with Gasteiger partial charge in [-0.2, -0.15) is 0 Å². The maximum atomic E-state index is 14.7.